The average molecular weight is 608 g/mol. The number of anilines is 3. The molecular formula is C34H33N5O6. The molecule has 1 atom stereocenters. The van der Waals surface area contributed by atoms with Crippen LogP contribution in [0.25, 0.3) is 0 Å². The molecule has 1 aliphatic rings. The number of nitrogens with one attached hydrogen (secondary N) is 1. The van der Waals surface area contributed by atoms with E-state index in [0.29, 0.717) is 34.0 Å². The second-order valence-corrected chi connectivity index (χ2v) is 10.6. The van der Waals surface area contributed by atoms with Crippen molar-refractivity contribution in [2.24, 2.45) is 0 Å². The molecule has 0 fully saturated rings. The molecule has 0 spiro atoms. The summed E-state index contributed by atoms with van der Waals surface area (Å²) in [5.74, 6) is -1.74. The van der Waals surface area contributed by atoms with Gasteiger partial charge in [0, 0.05) is 44.4 Å². The zero-order valence-electron chi connectivity index (χ0n) is 25.4. The molecule has 0 saturated heterocycles. The Morgan fingerprint density at radius 2 is 1.64 bits per heavy atom. The number of nitrogens with zero attached hydrogens (tertiary/aromatic N) is 4. The van der Waals surface area contributed by atoms with Crippen LogP contribution in [0.1, 0.15) is 27.5 Å². The summed E-state index contributed by atoms with van der Waals surface area (Å²) >= 11 is 0. The van der Waals surface area contributed by atoms with Crippen molar-refractivity contribution in [1.29, 1.82) is 0 Å². The van der Waals surface area contributed by atoms with Crippen LogP contribution in [-0.2, 0) is 20.9 Å². The lowest BCUT2D eigenvalue weighted by atomic mass is 10.0. The van der Waals surface area contributed by atoms with E-state index in [9.17, 15) is 19.2 Å². The van der Waals surface area contributed by atoms with Gasteiger partial charge in [-0.2, -0.15) is 0 Å². The maximum Gasteiger partial charge on any atom is 0.299 e. The van der Waals surface area contributed by atoms with E-state index in [0.717, 1.165) is 10.6 Å². The van der Waals surface area contributed by atoms with Crippen molar-refractivity contribution in [3.63, 3.8) is 0 Å². The number of ether oxygens (including phenoxy) is 2. The number of hydrogen-bond acceptors (Lipinski definition) is 8. The molecule has 45 heavy (non-hydrogen) atoms. The van der Waals surface area contributed by atoms with Gasteiger partial charge in [0.15, 0.2) is 11.5 Å². The van der Waals surface area contributed by atoms with Gasteiger partial charge >= 0.3 is 0 Å². The Kier molecular flexibility index (Phi) is 9.08. The van der Waals surface area contributed by atoms with Crippen molar-refractivity contribution >= 4 is 40.6 Å². The van der Waals surface area contributed by atoms with Crippen molar-refractivity contribution < 1.29 is 28.7 Å². The lowest BCUT2D eigenvalue weighted by molar-refractivity contribution is -0.139. The normalized spacial score (nSPS) is 12.8. The summed E-state index contributed by atoms with van der Waals surface area (Å²) < 4.78 is 10.9. The maximum atomic E-state index is 14.3. The largest absolute Gasteiger partial charge is 0.493 e. The fourth-order valence-corrected chi connectivity index (χ4v) is 5.19. The van der Waals surface area contributed by atoms with Crippen LogP contribution in [0.2, 0.25) is 0 Å². The molecule has 0 saturated carbocycles. The average Bonchev–Trinajstić information content (AvgIpc) is 3.29. The summed E-state index contributed by atoms with van der Waals surface area (Å²) in [5, 5.41) is 2.95. The van der Waals surface area contributed by atoms with Crippen molar-refractivity contribution in [2.75, 3.05) is 50.0 Å². The van der Waals surface area contributed by atoms with E-state index in [1.165, 1.54) is 19.1 Å². The third-order valence-electron chi connectivity index (χ3n) is 7.50. The molecule has 3 aromatic carbocycles. The smallest absolute Gasteiger partial charge is 0.299 e. The minimum Gasteiger partial charge on any atom is -0.493 e. The molecule has 1 N–H and O–H groups in total. The Morgan fingerprint density at radius 3 is 2.31 bits per heavy atom. The molecule has 0 aliphatic carbocycles. The first kappa shape index (κ1) is 30.7. The number of carbonyl (C=O) groups is 4. The zero-order chi connectivity index (χ0) is 32.1. The SMILES string of the molecule is COc1ccc(C(C(=O)Nc2ccc(N(C)C)cc2)N(Cc2cccnc2)C(=O)CN2C(=O)C(=O)c3ccccc32)cc1OC. The van der Waals surface area contributed by atoms with E-state index in [1.54, 1.807) is 79.1 Å². The number of para-hydroxylation sites is 1. The van der Waals surface area contributed by atoms with Gasteiger partial charge in [0.2, 0.25) is 5.91 Å². The number of methoxy groups -OCH3 is 2. The summed E-state index contributed by atoms with van der Waals surface area (Å²) in [7, 11) is 6.82. The van der Waals surface area contributed by atoms with Crippen molar-refractivity contribution in [3.8, 4) is 11.5 Å². The van der Waals surface area contributed by atoms with Gasteiger partial charge in [-0.3, -0.25) is 29.1 Å². The molecule has 5 rings (SSSR count). The highest BCUT2D eigenvalue weighted by Gasteiger charge is 2.39. The molecule has 11 heteroatoms. The summed E-state index contributed by atoms with van der Waals surface area (Å²) in [4.78, 5) is 62.9. The van der Waals surface area contributed by atoms with Gasteiger partial charge in [0.25, 0.3) is 17.6 Å². The Hall–Kier alpha value is -5.71. The van der Waals surface area contributed by atoms with Crippen LogP contribution >= 0.6 is 0 Å². The minimum absolute atomic E-state index is 0.0176. The quantitative estimate of drug-likeness (QED) is 0.253. The first-order valence-electron chi connectivity index (χ1n) is 14.2. The molecule has 11 nitrogen and oxygen atoms in total. The first-order valence-corrected chi connectivity index (χ1v) is 14.2. The molecule has 0 radical (unpaired) electrons. The van der Waals surface area contributed by atoms with E-state index in [2.05, 4.69) is 10.3 Å². The Balaban J connectivity index is 1.57. The number of Topliss-reactive ketones (excluding diaryl/α,β-unsaturated/α-hetero) is 1. The molecule has 4 aromatic rings. The van der Waals surface area contributed by atoms with Gasteiger partial charge < -0.3 is 24.6 Å². The molecular weight excluding hydrogens is 574 g/mol. The Labute approximate surface area is 261 Å². The standard InChI is InChI=1S/C34H33N5O6/c1-37(2)25-14-12-24(13-15-25)36-33(42)31(23-11-16-28(44-3)29(18-23)45-4)39(20-22-8-7-17-35-19-22)30(40)21-38-27-10-6-5-9-26(27)32(41)34(38)43/h5-19,31H,20-21H2,1-4H3,(H,36,42). The van der Waals surface area contributed by atoms with E-state index in [4.69, 9.17) is 9.47 Å². The van der Waals surface area contributed by atoms with Crippen molar-refractivity contribution in [3.05, 3.63) is 108 Å². The van der Waals surface area contributed by atoms with Crippen molar-refractivity contribution in [1.82, 2.24) is 9.88 Å². The maximum absolute atomic E-state index is 14.3. The molecule has 1 aromatic heterocycles. The number of amides is 3. The Bertz CT molecular complexity index is 1730. The number of rotatable bonds is 11. The second kappa shape index (κ2) is 13.3. The fraction of sp³-hybridized carbons (Fsp3) is 0.206. The van der Waals surface area contributed by atoms with Crippen LogP contribution in [0.15, 0.2) is 91.3 Å². The number of ketones is 1. The van der Waals surface area contributed by atoms with Crippen LogP contribution in [-0.4, -0.2) is 68.2 Å². The third kappa shape index (κ3) is 6.47. The summed E-state index contributed by atoms with van der Waals surface area (Å²) in [6, 6.07) is 21.1. The Morgan fingerprint density at radius 1 is 0.911 bits per heavy atom. The highest BCUT2D eigenvalue weighted by atomic mass is 16.5. The van der Waals surface area contributed by atoms with E-state index < -0.39 is 36.1 Å². The van der Waals surface area contributed by atoms with Gasteiger partial charge in [-0.1, -0.05) is 24.3 Å². The van der Waals surface area contributed by atoms with Crippen LogP contribution in [0.5, 0.6) is 11.5 Å². The molecule has 1 aliphatic heterocycles. The third-order valence-corrected chi connectivity index (χ3v) is 7.50. The van der Waals surface area contributed by atoms with Crippen LogP contribution in [0, 0.1) is 0 Å². The molecule has 230 valence electrons. The summed E-state index contributed by atoms with van der Waals surface area (Å²) in [6.45, 7) is -0.479. The van der Waals surface area contributed by atoms with E-state index >= 15 is 0 Å². The number of carbonyl (C=O) groups excluding carboxylic acids is 4. The molecule has 3 amide bonds. The predicted octanol–water partition coefficient (Wildman–Crippen LogP) is 4.10. The van der Waals surface area contributed by atoms with Crippen LogP contribution in [0.4, 0.5) is 17.1 Å². The highest BCUT2D eigenvalue weighted by Crippen LogP contribution is 2.35. The predicted molar refractivity (Wildman–Crippen MR) is 170 cm³/mol. The van der Waals surface area contributed by atoms with E-state index in [-0.39, 0.29) is 12.1 Å². The number of benzene rings is 3. The van der Waals surface area contributed by atoms with Gasteiger partial charge in [-0.15, -0.1) is 0 Å². The number of pyridine rings is 1. The van der Waals surface area contributed by atoms with Crippen LogP contribution < -0.4 is 24.6 Å². The first-order chi connectivity index (χ1) is 21.7. The molecule has 1 unspecified atom stereocenters. The van der Waals surface area contributed by atoms with Crippen molar-refractivity contribution in [2.45, 2.75) is 12.6 Å². The number of aromatic nitrogens is 1. The van der Waals surface area contributed by atoms with Gasteiger partial charge in [-0.05, 0) is 65.7 Å². The monoisotopic (exact) mass is 607 g/mol. The lowest BCUT2D eigenvalue weighted by Gasteiger charge is -2.33. The number of hydrogen-bond donors (Lipinski definition) is 1. The highest BCUT2D eigenvalue weighted by molar-refractivity contribution is 6.52. The molecule has 2 heterocycles. The molecule has 0 bridgehead atoms. The zero-order valence-corrected chi connectivity index (χ0v) is 25.4. The second-order valence-electron chi connectivity index (χ2n) is 10.6. The van der Waals surface area contributed by atoms with Crippen LogP contribution in [0.3, 0.4) is 0 Å². The summed E-state index contributed by atoms with van der Waals surface area (Å²) in [6.07, 6.45) is 3.21. The fourth-order valence-electron chi connectivity index (χ4n) is 5.19. The van der Waals surface area contributed by atoms with Gasteiger partial charge in [0.05, 0.1) is 25.5 Å². The number of fused-ring (bicyclic) bond motifs is 1. The summed E-state index contributed by atoms with van der Waals surface area (Å²) in [5.41, 5.74) is 3.14. The lowest BCUT2D eigenvalue weighted by Crippen LogP contribution is -2.46. The van der Waals surface area contributed by atoms with Gasteiger partial charge in [0.1, 0.15) is 12.6 Å². The topological polar surface area (TPSA) is 121 Å². The minimum atomic E-state index is -1.19. The van der Waals surface area contributed by atoms with Gasteiger partial charge in [-0.25, -0.2) is 0 Å². The van der Waals surface area contributed by atoms with E-state index in [1.807, 2.05) is 31.1 Å².